The number of hydrogen-bond acceptors (Lipinski definition) is 6. The Hall–Kier alpha value is -3.26. The first-order valence-corrected chi connectivity index (χ1v) is 13.6. The zero-order valence-electron chi connectivity index (χ0n) is 22.6. The molecule has 2 amide bonds. The van der Waals surface area contributed by atoms with Gasteiger partial charge in [0.25, 0.3) is 11.9 Å². The minimum Gasteiger partial charge on any atom is -0.444 e. The summed E-state index contributed by atoms with van der Waals surface area (Å²) in [6.07, 6.45) is 2.43. The fourth-order valence-electron chi connectivity index (χ4n) is 4.71. The van der Waals surface area contributed by atoms with Gasteiger partial charge in [0.05, 0.1) is 0 Å². The van der Waals surface area contributed by atoms with Gasteiger partial charge in [0.2, 0.25) is 0 Å². The fraction of sp³-hybridized carbons (Fsp3) is 0.483. The minimum atomic E-state index is -0.529. The maximum atomic E-state index is 13.5. The predicted octanol–water partition coefficient (Wildman–Crippen LogP) is 6.59. The maximum Gasteiger partial charge on any atom is 0.410 e. The third kappa shape index (κ3) is 7.40. The van der Waals surface area contributed by atoms with Gasteiger partial charge in [-0.3, -0.25) is 4.79 Å². The highest BCUT2D eigenvalue weighted by Gasteiger charge is 2.29. The molecular weight excluding hydrogens is 504 g/mol. The van der Waals surface area contributed by atoms with E-state index in [0.29, 0.717) is 60.4 Å². The fourth-order valence-corrected chi connectivity index (χ4v) is 4.92. The number of amides is 2. The number of nitrogens with zero attached hydrogens (tertiary/aromatic N) is 3. The van der Waals surface area contributed by atoms with Gasteiger partial charge in [-0.15, -0.1) is 0 Å². The molecule has 2 aromatic carbocycles. The number of halogens is 1. The molecule has 8 nitrogen and oxygen atoms in total. The summed E-state index contributed by atoms with van der Waals surface area (Å²) in [5, 5.41) is 3.85. The first-order valence-electron chi connectivity index (χ1n) is 13.3. The van der Waals surface area contributed by atoms with Crippen LogP contribution in [0.4, 0.5) is 10.8 Å². The Balaban J connectivity index is 1.42. The molecule has 4 rings (SSSR count). The maximum absolute atomic E-state index is 13.5. The lowest BCUT2D eigenvalue weighted by atomic mass is 9.97. The van der Waals surface area contributed by atoms with Crippen molar-refractivity contribution in [2.24, 2.45) is 5.92 Å². The van der Waals surface area contributed by atoms with Gasteiger partial charge >= 0.3 is 6.09 Å². The summed E-state index contributed by atoms with van der Waals surface area (Å²) in [6.45, 7) is 10.7. The van der Waals surface area contributed by atoms with Gasteiger partial charge in [0.1, 0.15) is 11.1 Å². The van der Waals surface area contributed by atoms with Crippen LogP contribution in [0.1, 0.15) is 62.9 Å². The molecule has 1 aliphatic rings. The van der Waals surface area contributed by atoms with E-state index < -0.39 is 5.60 Å². The van der Waals surface area contributed by atoms with Crippen LogP contribution in [0.15, 0.2) is 46.9 Å². The van der Waals surface area contributed by atoms with Gasteiger partial charge in [0, 0.05) is 43.3 Å². The second-order valence-electron chi connectivity index (χ2n) is 10.9. The number of aromatic nitrogens is 1. The highest BCUT2D eigenvalue weighted by atomic mass is 35.5. The highest BCUT2D eigenvalue weighted by molar-refractivity contribution is 6.30. The van der Waals surface area contributed by atoms with E-state index in [-0.39, 0.29) is 17.9 Å². The van der Waals surface area contributed by atoms with Crippen LogP contribution in [0.2, 0.25) is 5.02 Å². The van der Waals surface area contributed by atoms with E-state index in [1.165, 1.54) is 0 Å². The Kier molecular flexibility index (Phi) is 8.82. The number of piperidine rings is 1. The molecular formula is C29H37ClN4O4. The number of nitrogens with one attached hydrogen (secondary N) is 1. The van der Waals surface area contributed by atoms with Crippen molar-refractivity contribution in [2.45, 2.75) is 59.1 Å². The molecule has 1 atom stereocenters. The van der Waals surface area contributed by atoms with Crippen LogP contribution < -0.4 is 5.32 Å². The Morgan fingerprint density at radius 3 is 2.79 bits per heavy atom. The van der Waals surface area contributed by atoms with Crippen LogP contribution in [0, 0.1) is 5.92 Å². The van der Waals surface area contributed by atoms with E-state index >= 15 is 0 Å². The monoisotopic (exact) mass is 540 g/mol. The molecule has 1 unspecified atom stereocenters. The van der Waals surface area contributed by atoms with Crippen molar-refractivity contribution in [3.8, 4) is 0 Å². The first-order chi connectivity index (χ1) is 18.1. The molecule has 3 aromatic rings. The second kappa shape index (κ2) is 12.1. The molecule has 1 aromatic heterocycles. The first kappa shape index (κ1) is 27.8. The Bertz CT molecular complexity index is 1270. The number of ether oxygens (including phenoxy) is 1. The molecule has 2 heterocycles. The molecule has 1 fully saturated rings. The van der Waals surface area contributed by atoms with Gasteiger partial charge in [-0.25, -0.2) is 4.79 Å². The Morgan fingerprint density at radius 2 is 2.05 bits per heavy atom. The molecule has 0 spiro atoms. The van der Waals surface area contributed by atoms with Crippen LogP contribution in [0.5, 0.6) is 0 Å². The summed E-state index contributed by atoms with van der Waals surface area (Å²) < 4.78 is 11.4. The number of carbonyl (C=O) groups is 2. The Morgan fingerprint density at radius 1 is 1.24 bits per heavy atom. The predicted molar refractivity (Wildman–Crippen MR) is 150 cm³/mol. The molecule has 204 valence electrons. The summed E-state index contributed by atoms with van der Waals surface area (Å²) in [6, 6.07) is 13.3. The highest BCUT2D eigenvalue weighted by Crippen LogP contribution is 2.24. The van der Waals surface area contributed by atoms with Crippen molar-refractivity contribution in [1.29, 1.82) is 0 Å². The molecule has 38 heavy (non-hydrogen) atoms. The summed E-state index contributed by atoms with van der Waals surface area (Å²) in [5.41, 5.74) is 2.28. The number of likely N-dealkylation sites (tertiary alicyclic amines) is 1. The van der Waals surface area contributed by atoms with Crippen molar-refractivity contribution >= 4 is 40.7 Å². The zero-order valence-corrected chi connectivity index (χ0v) is 23.4. The summed E-state index contributed by atoms with van der Waals surface area (Å²) >= 11 is 6.07. The van der Waals surface area contributed by atoms with Crippen LogP contribution in [-0.4, -0.2) is 58.6 Å². The number of carbonyl (C=O) groups excluding carboxylic acids is 2. The molecule has 1 aliphatic heterocycles. The molecule has 9 heteroatoms. The smallest absolute Gasteiger partial charge is 0.410 e. The molecule has 0 radical (unpaired) electrons. The van der Waals surface area contributed by atoms with Crippen LogP contribution in [0.3, 0.4) is 0 Å². The number of anilines is 1. The summed E-state index contributed by atoms with van der Waals surface area (Å²) in [4.78, 5) is 34.3. The van der Waals surface area contributed by atoms with Crippen molar-refractivity contribution in [3.63, 3.8) is 0 Å². The van der Waals surface area contributed by atoms with Crippen molar-refractivity contribution < 1.29 is 18.7 Å². The topological polar surface area (TPSA) is 87.9 Å². The lowest BCUT2D eigenvalue weighted by Gasteiger charge is -2.36. The minimum absolute atomic E-state index is 0.0421. The third-order valence-electron chi connectivity index (χ3n) is 6.40. The van der Waals surface area contributed by atoms with E-state index in [0.717, 1.165) is 24.8 Å². The van der Waals surface area contributed by atoms with Gasteiger partial charge in [-0.05, 0) is 81.8 Å². The number of oxazole rings is 1. The third-order valence-corrected chi connectivity index (χ3v) is 6.63. The summed E-state index contributed by atoms with van der Waals surface area (Å²) in [5.74, 6) is 0.157. The second-order valence-corrected chi connectivity index (χ2v) is 11.3. The molecule has 1 saturated heterocycles. The standard InChI is InChI=1S/C29H37ClN4O4/c1-5-13-33(18-21-9-7-14-34(19-21)28(36)38-29(2,3)4)26(35)22-11-12-25-24(16-22)32-27(37-25)31-17-20-8-6-10-23(30)15-20/h6,8,10-12,15-16,21H,5,7,9,13-14,17-19H2,1-4H3,(H,31,32). The van der Waals surface area contributed by atoms with Crippen LogP contribution >= 0.6 is 11.6 Å². The van der Waals surface area contributed by atoms with E-state index in [1.54, 1.807) is 23.1 Å². The van der Waals surface area contributed by atoms with Gasteiger partial charge in [-0.2, -0.15) is 4.98 Å². The van der Waals surface area contributed by atoms with Crippen molar-refractivity contribution in [3.05, 3.63) is 58.6 Å². The van der Waals surface area contributed by atoms with Gasteiger partial charge < -0.3 is 24.3 Å². The number of benzene rings is 2. The van der Waals surface area contributed by atoms with Gasteiger partial charge in [0.15, 0.2) is 5.58 Å². The van der Waals surface area contributed by atoms with E-state index in [4.69, 9.17) is 20.8 Å². The van der Waals surface area contributed by atoms with Crippen molar-refractivity contribution in [2.75, 3.05) is 31.5 Å². The van der Waals surface area contributed by atoms with E-state index in [1.807, 2.05) is 49.9 Å². The largest absolute Gasteiger partial charge is 0.444 e. The van der Waals surface area contributed by atoms with E-state index in [9.17, 15) is 9.59 Å². The Labute approximate surface area is 229 Å². The number of fused-ring (bicyclic) bond motifs is 1. The molecule has 1 N–H and O–H groups in total. The van der Waals surface area contributed by atoms with Gasteiger partial charge in [-0.1, -0.05) is 30.7 Å². The van der Waals surface area contributed by atoms with Crippen LogP contribution in [-0.2, 0) is 11.3 Å². The average molecular weight is 541 g/mol. The SMILES string of the molecule is CCCN(CC1CCCN(C(=O)OC(C)(C)C)C1)C(=O)c1ccc2oc(NCc3cccc(Cl)c3)nc2c1. The quantitative estimate of drug-likeness (QED) is 0.346. The zero-order chi connectivity index (χ0) is 27.3. The number of hydrogen-bond donors (Lipinski definition) is 1. The van der Waals surface area contributed by atoms with Crippen molar-refractivity contribution in [1.82, 2.24) is 14.8 Å². The molecule has 0 saturated carbocycles. The lowest BCUT2D eigenvalue weighted by Crippen LogP contribution is -2.46. The van der Waals surface area contributed by atoms with Crippen LogP contribution in [0.25, 0.3) is 11.1 Å². The lowest BCUT2D eigenvalue weighted by molar-refractivity contribution is 0.0146. The molecule has 0 bridgehead atoms. The van der Waals surface area contributed by atoms with E-state index in [2.05, 4.69) is 17.2 Å². The number of rotatable bonds is 8. The summed E-state index contributed by atoms with van der Waals surface area (Å²) in [7, 11) is 0. The average Bonchev–Trinajstić information content (AvgIpc) is 3.28. The normalized spacial score (nSPS) is 15.9. The molecule has 0 aliphatic carbocycles.